The Bertz CT molecular complexity index is 565. The van der Waals surface area contributed by atoms with Gasteiger partial charge in [-0.05, 0) is 37.0 Å². The molecule has 2 fully saturated rings. The highest BCUT2D eigenvalue weighted by molar-refractivity contribution is 9.10. The molecular formula is C16H18BrNO3. The SMILES string of the molecule is O=C(O)C1CC1C(=O)NCC1(c2ccc(Br)cc2)CCC1. The van der Waals surface area contributed by atoms with Crippen LogP contribution in [0.2, 0.25) is 0 Å². The van der Waals surface area contributed by atoms with Crippen molar-refractivity contribution in [3.05, 3.63) is 34.3 Å². The molecule has 0 radical (unpaired) electrons. The lowest BCUT2D eigenvalue weighted by molar-refractivity contribution is -0.140. The predicted molar refractivity (Wildman–Crippen MR) is 81.9 cm³/mol. The lowest BCUT2D eigenvalue weighted by atomic mass is 9.64. The summed E-state index contributed by atoms with van der Waals surface area (Å²) in [5.41, 5.74) is 1.28. The minimum absolute atomic E-state index is 0.0317. The molecule has 0 saturated heterocycles. The van der Waals surface area contributed by atoms with E-state index < -0.39 is 11.9 Å². The summed E-state index contributed by atoms with van der Waals surface area (Å²) in [7, 11) is 0. The second kappa shape index (κ2) is 5.44. The summed E-state index contributed by atoms with van der Waals surface area (Å²) >= 11 is 3.44. The van der Waals surface area contributed by atoms with Gasteiger partial charge in [-0.1, -0.05) is 34.5 Å². The Labute approximate surface area is 132 Å². The van der Waals surface area contributed by atoms with Gasteiger partial charge in [-0.25, -0.2) is 0 Å². The standard InChI is InChI=1S/C16H18BrNO3/c17-11-4-2-10(3-5-11)16(6-1-7-16)9-18-14(19)12-8-13(12)15(20)21/h2-5,12-13H,1,6-9H2,(H,18,19)(H,20,21). The van der Waals surface area contributed by atoms with E-state index >= 15 is 0 Å². The Morgan fingerprint density at radius 1 is 1.24 bits per heavy atom. The molecule has 2 N–H and O–H groups in total. The first kappa shape index (κ1) is 14.6. The first-order valence-electron chi connectivity index (χ1n) is 7.28. The Kier molecular flexibility index (Phi) is 3.78. The third-order valence-corrected chi connectivity index (χ3v) is 5.34. The van der Waals surface area contributed by atoms with Gasteiger partial charge >= 0.3 is 5.97 Å². The third kappa shape index (κ3) is 2.84. The highest BCUT2D eigenvalue weighted by Gasteiger charge is 2.49. The summed E-state index contributed by atoms with van der Waals surface area (Å²) in [5.74, 6) is -1.77. The number of rotatable bonds is 5. The number of nitrogens with one attached hydrogen (secondary N) is 1. The fourth-order valence-corrected chi connectivity index (χ4v) is 3.38. The van der Waals surface area contributed by atoms with Gasteiger partial charge in [0.1, 0.15) is 0 Å². The Morgan fingerprint density at radius 3 is 2.38 bits per heavy atom. The average molecular weight is 352 g/mol. The fourth-order valence-electron chi connectivity index (χ4n) is 3.12. The highest BCUT2D eigenvalue weighted by atomic mass is 79.9. The summed E-state index contributed by atoms with van der Waals surface area (Å²) in [6.45, 7) is 0.607. The number of amides is 1. The van der Waals surface area contributed by atoms with Crippen molar-refractivity contribution < 1.29 is 14.7 Å². The van der Waals surface area contributed by atoms with E-state index in [-0.39, 0.29) is 17.2 Å². The number of carbonyl (C=O) groups is 2. The Morgan fingerprint density at radius 2 is 1.90 bits per heavy atom. The maximum atomic E-state index is 12.0. The van der Waals surface area contributed by atoms with Crippen molar-refractivity contribution in [3.8, 4) is 0 Å². The molecule has 4 nitrogen and oxygen atoms in total. The number of carboxylic acid groups (broad SMARTS) is 1. The Hall–Kier alpha value is -1.36. The van der Waals surface area contributed by atoms with Crippen molar-refractivity contribution in [3.63, 3.8) is 0 Å². The molecule has 21 heavy (non-hydrogen) atoms. The summed E-state index contributed by atoms with van der Waals surface area (Å²) in [4.78, 5) is 22.8. The van der Waals surface area contributed by atoms with Crippen molar-refractivity contribution in [2.24, 2.45) is 11.8 Å². The van der Waals surface area contributed by atoms with E-state index in [0.717, 1.165) is 17.3 Å². The maximum Gasteiger partial charge on any atom is 0.307 e. The van der Waals surface area contributed by atoms with Crippen LogP contribution in [0, 0.1) is 11.8 Å². The molecule has 2 aliphatic carbocycles. The molecular weight excluding hydrogens is 334 g/mol. The van der Waals surface area contributed by atoms with Crippen molar-refractivity contribution in [1.29, 1.82) is 0 Å². The largest absolute Gasteiger partial charge is 0.481 e. The molecule has 1 amide bonds. The number of carboxylic acids is 1. The molecule has 1 aromatic carbocycles. The molecule has 2 atom stereocenters. The second-order valence-electron chi connectivity index (χ2n) is 6.15. The zero-order valence-electron chi connectivity index (χ0n) is 11.6. The summed E-state index contributed by atoms with van der Waals surface area (Å²) in [5, 5.41) is 11.8. The number of hydrogen-bond donors (Lipinski definition) is 2. The first-order valence-corrected chi connectivity index (χ1v) is 8.08. The molecule has 1 aromatic rings. The van der Waals surface area contributed by atoms with Gasteiger partial charge in [0, 0.05) is 16.4 Å². The summed E-state index contributed by atoms with van der Waals surface area (Å²) in [6, 6.07) is 8.26. The van der Waals surface area contributed by atoms with E-state index in [1.165, 1.54) is 12.0 Å². The first-order chi connectivity index (χ1) is 10.0. The monoisotopic (exact) mass is 351 g/mol. The van der Waals surface area contributed by atoms with Crippen LogP contribution in [-0.2, 0) is 15.0 Å². The van der Waals surface area contributed by atoms with Gasteiger partial charge in [0.2, 0.25) is 5.91 Å². The van der Waals surface area contributed by atoms with Crippen LogP contribution < -0.4 is 5.32 Å². The molecule has 2 aliphatic rings. The molecule has 5 heteroatoms. The molecule has 0 heterocycles. The average Bonchev–Trinajstić information content (AvgIpc) is 3.19. The van der Waals surface area contributed by atoms with Crippen LogP contribution in [-0.4, -0.2) is 23.5 Å². The van der Waals surface area contributed by atoms with E-state index in [1.54, 1.807) is 0 Å². The zero-order chi connectivity index (χ0) is 15.0. The number of hydrogen-bond acceptors (Lipinski definition) is 2. The number of halogens is 1. The van der Waals surface area contributed by atoms with Crippen LogP contribution in [0.4, 0.5) is 0 Å². The number of aliphatic carboxylic acids is 1. The van der Waals surface area contributed by atoms with Crippen molar-refractivity contribution in [2.45, 2.75) is 31.1 Å². The quantitative estimate of drug-likeness (QED) is 0.856. The van der Waals surface area contributed by atoms with Crippen molar-refractivity contribution in [2.75, 3.05) is 6.54 Å². The van der Waals surface area contributed by atoms with Crippen LogP contribution in [0.25, 0.3) is 0 Å². The van der Waals surface area contributed by atoms with Crippen LogP contribution in [0.15, 0.2) is 28.7 Å². The predicted octanol–water partition coefficient (Wildman–Crippen LogP) is 2.71. The number of benzene rings is 1. The van der Waals surface area contributed by atoms with E-state index in [0.29, 0.717) is 13.0 Å². The molecule has 0 spiro atoms. The lowest BCUT2D eigenvalue weighted by Crippen LogP contribution is -2.46. The zero-order valence-corrected chi connectivity index (χ0v) is 13.2. The van der Waals surface area contributed by atoms with Gasteiger partial charge in [0.25, 0.3) is 0 Å². The normalized spacial score (nSPS) is 25.8. The van der Waals surface area contributed by atoms with Gasteiger partial charge in [-0.3, -0.25) is 9.59 Å². The van der Waals surface area contributed by atoms with Crippen molar-refractivity contribution in [1.82, 2.24) is 5.32 Å². The molecule has 2 saturated carbocycles. The third-order valence-electron chi connectivity index (χ3n) is 4.81. The minimum Gasteiger partial charge on any atom is -0.481 e. The Balaban J connectivity index is 1.61. The topological polar surface area (TPSA) is 66.4 Å². The molecule has 3 rings (SSSR count). The van der Waals surface area contributed by atoms with Gasteiger partial charge in [0.15, 0.2) is 0 Å². The smallest absolute Gasteiger partial charge is 0.307 e. The molecule has 2 unspecified atom stereocenters. The van der Waals surface area contributed by atoms with Gasteiger partial charge < -0.3 is 10.4 Å². The van der Waals surface area contributed by atoms with E-state index in [9.17, 15) is 9.59 Å². The summed E-state index contributed by atoms with van der Waals surface area (Å²) in [6.07, 6.45) is 3.80. The van der Waals surface area contributed by atoms with Crippen LogP contribution >= 0.6 is 15.9 Å². The van der Waals surface area contributed by atoms with E-state index in [1.807, 2.05) is 12.1 Å². The molecule has 0 aromatic heterocycles. The van der Waals surface area contributed by atoms with Gasteiger partial charge in [-0.2, -0.15) is 0 Å². The molecule has 112 valence electrons. The second-order valence-corrected chi connectivity index (χ2v) is 7.06. The lowest BCUT2D eigenvalue weighted by Gasteiger charge is -2.42. The maximum absolute atomic E-state index is 12.0. The number of carbonyl (C=O) groups excluding carboxylic acids is 1. The molecule has 0 aliphatic heterocycles. The fraction of sp³-hybridized carbons (Fsp3) is 0.500. The van der Waals surface area contributed by atoms with Crippen molar-refractivity contribution >= 4 is 27.8 Å². The van der Waals surface area contributed by atoms with Gasteiger partial charge in [-0.15, -0.1) is 0 Å². The van der Waals surface area contributed by atoms with Crippen LogP contribution in [0.1, 0.15) is 31.2 Å². The van der Waals surface area contributed by atoms with E-state index in [2.05, 4.69) is 33.4 Å². The van der Waals surface area contributed by atoms with Gasteiger partial charge in [0.05, 0.1) is 11.8 Å². The minimum atomic E-state index is -0.860. The van der Waals surface area contributed by atoms with Crippen LogP contribution in [0.3, 0.4) is 0 Å². The summed E-state index contributed by atoms with van der Waals surface area (Å²) < 4.78 is 1.05. The highest BCUT2D eigenvalue weighted by Crippen LogP contribution is 2.44. The van der Waals surface area contributed by atoms with E-state index in [4.69, 9.17) is 5.11 Å². The molecule has 0 bridgehead atoms. The van der Waals surface area contributed by atoms with Crippen LogP contribution in [0.5, 0.6) is 0 Å².